The fraction of sp³-hybridized carbons (Fsp3) is 0.464. The van der Waals surface area contributed by atoms with Gasteiger partial charge in [0.15, 0.2) is 0 Å². The van der Waals surface area contributed by atoms with Gasteiger partial charge in [-0.1, -0.05) is 61.9 Å². The maximum Gasteiger partial charge on any atom is 0.407 e. The van der Waals surface area contributed by atoms with Crippen molar-refractivity contribution in [2.75, 3.05) is 26.2 Å². The Labute approximate surface area is 205 Å². The SMILES string of the molecule is CC1CN(C(=O)[C@@H]2CCC[C@@H]2CNC(=O)OCC2c3ccccc3-c3ccccc32)CC1C(=O)O. The Hall–Kier alpha value is -3.35. The van der Waals surface area contributed by atoms with E-state index >= 15 is 0 Å². The molecule has 7 heteroatoms. The zero-order valence-electron chi connectivity index (χ0n) is 20.0. The first-order valence-corrected chi connectivity index (χ1v) is 12.5. The third-order valence-electron chi connectivity index (χ3n) is 8.07. The second-order valence-corrected chi connectivity index (χ2v) is 10.2. The van der Waals surface area contributed by atoms with Gasteiger partial charge in [0.2, 0.25) is 5.91 Å². The third-order valence-corrected chi connectivity index (χ3v) is 8.07. The van der Waals surface area contributed by atoms with Crippen molar-refractivity contribution in [2.45, 2.75) is 32.1 Å². The van der Waals surface area contributed by atoms with Gasteiger partial charge in [-0.15, -0.1) is 0 Å². The summed E-state index contributed by atoms with van der Waals surface area (Å²) in [6.45, 7) is 3.29. The van der Waals surface area contributed by atoms with Crippen molar-refractivity contribution in [2.24, 2.45) is 23.7 Å². The number of likely N-dealkylation sites (tertiary alicyclic amines) is 1. The van der Waals surface area contributed by atoms with E-state index in [9.17, 15) is 19.5 Å². The van der Waals surface area contributed by atoms with Crippen LogP contribution in [0.5, 0.6) is 0 Å². The molecule has 7 nitrogen and oxygen atoms in total. The molecule has 1 aliphatic heterocycles. The molecule has 5 rings (SSSR count). The van der Waals surface area contributed by atoms with E-state index in [4.69, 9.17) is 4.74 Å². The van der Waals surface area contributed by atoms with Crippen molar-refractivity contribution in [1.29, 1.82) is 0 Å². The summed E-state index contributed by atoms with van der Waals surface area (Å²) in [7, 11) is 0. The van der Waals surface area contributed by atoms with E-state index in [0.29, 0.717) is 13.1 Å². The topological polar surface area (TPSA) is 95.9 Å². The lowest BCUT2D eigenvalue weighted by atomic mass is 9.94. The van der Waals surface area contributed by atoms with E-state index in [1.165, 1.54) is 22.3 Å². The van der Waals surface area contributed by atoms with E-state index in [2.05, 4.69) is 29.6 Å². The molecule has 184 valence electrons. The van der Waals surface area contributed by atoms with Gasteiger partial charge in [-0.05, 0) is 46.9 Å². The highest BCUT2D eigenvalue weighted by molar-refractivity contribution is 5.82. The van der Waals surface area contributed by atoms with Crippen LogP contribution in [0.2, 0.25) is 0 Å². The molecule has 4 atom stereocenters. The summed E-state index contributed by atoms with van der Waals surface area (Å²) >= 11 is 0. The van der Waals surface area contributed by atoms with E-state index in [1.54, 1.807) is 4.90 Å². The van der Waals surface area contributed by atoms with Gasteiger partial charge in [0.1, 0.15) is 6.61 Å². The number of amides is 2. The number of hydrogen-bond donors (Lipinski definition) is 2. The molecule has 2 unspecified atom stereocenters. The highest BCUT2D eigenvalue weighted by Crippen LogP contribution is 2.44. The second-order valence-electron chi connectivity index (χ2n) is 10.2. The molecule has 0 spiro atoms. The molecule has 2 amide bonds. The number of alkyl carbamates (subject to hydrolysis) is 1. The summed E-state index contributed by atoms with van der Waals surface area (Å²) < 4.78 is 5.64. The van der Waals surface area contributed by atoms with E-state index < -0.39 is 18.0 Å². The number of carboxylic acid groups (broad SMARTS) is 1. The number of nitrogens with zero attached hydrogens (tertiary/aromatic N) is 1. The number of hydrogen-bond acceptors (Lipinski definition) is 4. The van der Waals surface area contributed by atoms with Gasteiger partial charge >= 0.3 is 12.1 Å². The highest BCUT2D eigenvalue weighted by Gasteiger charge is 2.42. The summed E-state index contributed by atoms with van der Waals surface area (Å²) in [4.78, 5) is 38.9. The minimum atomic E-state index is -0.840. The van der Waals surface area contributed by atoms with Crippen LogP contribution in [-0.2, 0) is 14.3 Å². The Bertz CT molecular complexity index is 1090. The number of benzene rings is 2. The summed E-state index contributed by atoms with van der Waals surface area (Å²) in [6, 6.07) is 16.4. The maximum atomic E-state index is 13.1. The number of carbonyl (C=O) groups is 3. The monoisotopic (exact) mass is 476 g/mol. The largest absolute Gasteiger partial charge is 0.481 e. The fourth-order valence-electron chi connectivity index (χ4n) is 6.17. The number of rotatable bonds is 6. The molecule has 2 N–H and O–H groups in total. The van der Waals surface area contributed by atoms with E-state index in [0.717, 1.165) is 19.3 Å². The Morgan fingerprint density at radius 3 is 2.26 bits per heavy atom. The number of aliphatic carboxylic acids is 1. The number of fused-ring (bicyclic) bond motifs is 3. The summed E-state index contributed by atoms with van der Waals surface area (Å²) in [5.41, 5.74) is 4.71. The molecule has 0 aromatic heterocycles. The molecule has 2 fully saturated rings. The lowest BCUT2D eigenvalue weighted by molar-refractivity contribution is -0.142. The van der Waals surface area contributed by atoms with E-state index in [-0.39, 0.29) is 42.7 Å². The van der Waals surface area contributed by atoms with Crippen LogP contribution in [0.25, 0.3) is 11.1 Å². The molecule has 2 aliphatic carbocycles. The first kappa shape index (κ1) is 23.4. The average molecular weight is 477 g/mol. The van der Waals surface area contributed by atoms with Crippen LogP contribution in [-0.4, -0.2) is 54.2 Å². The smallest absolute Gasteiger partial charge is 0.407 e. The zero-order chi connectivity index (χ0) is 24.5. The minimum Gasteiger partial charge on any atom is -0.481 e. The lowest BCUT2D eigenvalue weighted by Crippen LogP contribution is -2.40. The number of carbonyl (C=O) groups excluding carboxylic acids is 2. The number of nitrogens with one attached hydrogen (secondary N) is 1. The Morgan fingerprint density at radius 2 is 1.63 bits per heavy atom. The number of ether oxygens (including phenoxy) is 1. The first-order chi connectivity index (χ1) is 16.9. The van der Waals surface area contributed by atoms with Crippen molar-refractivity contribution >= 4 is 18.0 Å². The molecule has 2 aromatic carbocycles. The van der Waals surface area contributed by atoms with Crippen LogP contribution >= 0.6 is 0 Å². The van der Waals surface area contributed by atoms with Gasteiger partial charge in [-0.25, -0.2) is 4.79 Å². The fourth-order valence-corrected chi connectivity index (χ4v) is 6.17. The summed E-state index contributed by atoms with van der Waals surface area (Å²) in [5.74, 6) is -1.49. The standard InChI is InChI=1S/C28H32N2O5/c1-17-14-30(15-24(17)27(32)33)26(31)19-12-6-7-18(19)13-29-28(34)35-16-25-22-10-4-2-8-20(22)21-9-3-5-11-23(21)25/h2-5,8-11,17-19,24-25H,6-7,12-16H2,1H3,(H,29,34)(H,32,33)/t17?,18-,19-,24?/m1/s1. The molecule has 0 radical (unpaired) electrons. The molecule has 1 saturated carbocycles. The van der Waals surface area contributed by atoms with Gasteiger partial charge in [0, 0.05) is 31.5 Å². The Balaban J connectivity index is 1.15. The maximum absolute atomic E-state index is 13.1. The number of carboxylic acids is 1. The predicted molar refractivity (Wildman–Crippen MR) is 131 cm³/mol. The van der Waals surface area contributed by atoms with Crippen molar-refractivity contribution in [3.63, 3.8) is 0 Å². The van der Waals surface area contributed by atoms with Gasteiger partial charge in [-0.2, -0.15) is 0 Å². The zero-order valence-corrected chi connectivity index (χ0v) is 20.0. The average Bonchev–Trinajstić information content (AvgIpc) is 3.57. The van der Waals surface area contributed by atoms with Crippen LogP contribution in [0.15, 0.2) is 48.5 Å². The van der Waals surface area contributed by atoms with Gasteiger partial charge in [-0.3, -0.25) is 9.59 Å². The Kier molecular flexibility index (Phi) is 6.50. The quantitative estimate of drug-likeness (QED) is 0.654. The minimum absolute atomic E-state index is 0.00768. The van der Waals surface area contributed by atoms with Crippen LogP contribution in [0.3, 0.4) is 0 Å². The van der Waals surface area contributed by atoms with Crippen LogP contribution in [0.1, 0.15) is 43.2 Å². The first-order valence-electron chi connectivity index (χ1n) is 12.5. The molecule has 1 saturated heterocycles. The van der Waals surface area contributed by atoms with Crippen LogP contribution in [0, 0.1) is 23.7 Å². The molecule has 1 heterocycles. The van der Waals surface area contributed by atoms with Gasteiger partial charge < -0.3 is 20.1 Å². The van der Waals surface area contributed by atoms with Crippen LogP contribution in [0.4, 0.5) is 4.79 Å². The van der Waals surface area contributed by atoms with Crippen molar-refractivity contribution in [1.82, 2.24) is 10.2 Å². The molecular weight excluding hydrogens is 444 g/mol. The third kappa shape index (κ3) is 4.51. The molecule has 35 heavy (non-hydrogen) atoms. The summed E-state index contributed by atoms with van der Waals surface area (Å²) in [6.07, 6.45) is 2.11. The molecule has 2 aromatic rings. The second kappa shape index (κ2) is 9.72. The highest BCUT2D eigenvalue weighted by atomic mass is 16.5. The van der Waals surface area contributed by atoms with Crippen molar-refractivity contribution in [3.05, 3.63) is 59.7 Å². The normalized spacial score (nSPS) is 25.2. The predicted octanol–water partition coefficient (Wildman–Crippen LogP) is 4.12. The van der Waals surface area contributed by atoms with E-state index in [1.807, 2.05) is 31.2 Å². The lowest BCUT2D eigenvalue weighted by Gasteiger charge is -2.25. The van der Waals surface area contributed by atoms with Gasteiger partial charge in [0.05, 0.1) is 5.92 Å². The van der Waals surface area contributed by atoms with Crippen LogP contribution < -0.4 is 5.32 Å². The molecular formula is C28H32N2O5. The Morgan fingerprint density at radius 1 is 0.971 bits per heavy atom. The van der Waals surface area contributed by atoms with Gasteiger partial charge in [0.25, 0.3) is 0 Å². The molecule has 0 bridgehead atoms. The van der Waals surface area contributed by atoms with Crippen molar-refractivity contribution in [3.8, 4) is 11.1 Å². The molecule has 3 aliphatic rings. The summed E-state index contributed by atoms with van der Waals surface area (Å²) in [5, 5.41) is 12.3. The van der Waals surface area contributed by atoms with Crippen molar-refractivity contribution < 1.29 is 24.2 Å².